The van der Waals surface area contributed by atoms with E-state index in [1.165, 1.54) is 6.92 Å². The van der Waals surface area contributed by atoms with Gasteiger partial charge >= 0.3 is 11.9 Å². The van der Waals surface area contributed by atoms with Crippen LogP contribution in [0, 0.1) is 0 Å². The number of carboxylic acids is 2. The number of nitrogens with two attached hydrogens (primary N) is 1. The van der Waals surface area contributed by atoms with Gasteiger partial charge in [0.25, 0.3) is 0 Å². The zero-order valence-electron chi connectivity index (χ0n) is 14.5. The third-order valence-corrected chi connectivity index (χ3v) is 3.31. The molecule has 0 saturated heterocycles. The molecule has 0 radical (unpaired) electrons. The highest BCUT2D eigenvalue weighted by Crippen LogP contribution is 1.99. The van der Waals surface area contributed by atoms with Crippen molar-refractivity contribution in [3.05, 3.63) is 0 Å². The minimum Gasteiger partial charge on any atom is -0.481 e. The maximum Gasteiger partial charge on any atom is 0.326 e. The summed E-state index contributed by atoms with van der Waals surface area (Å²) in [6.45, 7) is -0.391. The molecule has 0 saturated carbocycles. The lowest BCUT2D eigenvalue weighted by Crippen LogP contribution is -2.58. The number of aliphatic carboxylic acids is 2. The molecule has 0 spiro atoms. The Morgan fingerprint density at radius 1 is 0.815 bits per heavy atom. The lowest BCUT2D eigenvalue weighted by Gasteiger charge is -2.22. The first-order valence-electron chi connectivity index (χ1n) is 7.86. The normalized spacial score (nSPS) is 15.0. The first kappa shape index (κ1) is 24.2. The number of hydrogen-bond donors (Lipinski definition) is 8. The number of hydrogen-bond acceptors (Lipinski definition) is 8. The fraction of sp³-hybridized carbons (Fsp3) is 0.643. The molecule has 4 unspecified atom stereocenters. The number of aliphatic hydroxyl groups excluding tert-OH is 2. The van der Waals surface area contributed by atoms with Gasteiger partial charge in [0, 0.05) is 6.42 Å². The van der Waals surface area contributed by atoms with Crippen LogP contribution >= 0.6 is 0 Å². The van der Waals surface area contributed by atoms with E-state index in [1.54, 1.807) is 0 Å². The van der Waals surface area contributed by atoms with Crippen molar-refractivity contribution in [2.24, 2.45) is 5.73 Å². The van der Waals surface area contributed by atoms with E-state index in [0.717, 1.165) is 0 Å². The molecule has 0 aromatic carbocycles. The molecular formula is C14H24N4O9. The molecule has 0 rings (SSSR count). The van der Waals surface area contributed by atoms with E-state index in [0.29, 0.717) is 0 Å². The topological polar surface area (TPSA) is 228 Å². The van der Waals surface area contributed by atoms with Crippen molar-refractivity contribution >= 4 is 29.7 Å². The van der Waals surface area contributed by atoms with Crippen LogP contribution < -0.4 is 21.7 Å². The van der Waals surface area contributed by atoms with Crippen LogP contribution in [0.3, 0.4) is 0 Å². The zero-order valence-corrected chi connectivity index (χ0v) is 14.5. The summed E-state index contributed by atoms with van der Waals surface area (Å²) in [7, 11) is 0. The average molecular weight is 392 g/mol. The minimum absolute atomic E-state index is 0.411. The Balaban J connectivity index is 4.94. The van der Waals surface area contributed by atoms with E-state index in [2.05, 4.69) is 5.32 Å². The summed E-state index contributed by atoms with van der Waals surface area (Å²) in [5, 5.41) is 42.2. The number of carbonyl (C=O) groups excluding carboxylic acids is 3. The van der Waals surface area contributed by atoms with E-state index in [1.807, 2.05) is 10.6 Å². The van der Waals surface area contributed by atoms with Crippen LogP contribution in [0.1, 0.15) is 19.8 Å². The molecule has 154 valence electrons. The molecule has 0 aliphatic rings. The van der Waals surface area contributed by atoms with E-state index in [4.69, 9.17) is 15.9 Å². The van der Waals surface area contributed by atoms with Crippen molar-refractivity contribution in [3.63, 3.8) is 0 Å². The number of aliphatic hydroxyl groups is 2. The van der Waals surface area contributed by atoms with Crippen LogP contribution in [-0.2, 0) is 24.0 Å². The molecule has 13 nitrogen and oxygen atoms in total. The summed E-state index contributed by atoms with van der Waals surface area (Å²) in [5.41, 5.74) is 5.32. The SMILES string of the molecule is CC(N)C(=O)NC(CO)C(=O)NC(CO)C(=O)NC(CCC(=O)O)C(=O)O. The molecule has 0 fully saturated rings. The van der Waals surface area contributed by atoms with Gasteiger partial charge in [0.2, 0.25) is 17.7 Å². The van der Waals surface area contributed by atoms with Gasteiger partial charge in [-0.15, -0.1) is 0 Å². The Kier molecular flexibility index (Phi) is 10.6. The Hall–Kier alpha value is -2.77. The van der Waals surface area contributed by atoms with Gasteiger partial charge in [0.15, 0.2) is 0 Å². The zero-order chi connectivity index (χ0) is 21.1. The predicted molar refractivity (Wildman–Crippen MR) is 88.1 cm³/mol. The predicted octanol–water partition coefficient (Wildman–Crippen LogP) is -4.28. The first-order valence-corrected chi connectivity index (χ1v) is 7.86. The van der Waals surface area contributed by atoms with Gasteiger partial charge in [-0.1, -0.05) is 0 Å². The van der Waals surface area contributed by atoms with E-state index < -0.39 is 79.9 Å². The van der Waals surface area contributed by atoms with Crippen LogP contribution in [-0.4, -0.2) is 87.5 Å². The summed E-state index contributed by atoms with van der Waals surface area (Å²) in [6.07, 6.45) is -0.935. The van der Waals surface area contributed by atoms with Crippen molar-refractivity contribution in [1.82, 2.24) is 16.0 Å². The van der Waals surface area contributed by atoms with Crippen LogP contribution in [0.25, 0.3) is 0 Å². The molecule has 4 atom stereocenters. The fourth-order valence-electron chi connectivity index (χ4n) is 1.76. The van der Waals surface area contributed by atoms with Crippen molar-refractivity contribution in [2.45, 2.75) is 43.9 Å². The molecule has 0 heterocycles. The third kappa shape index (κ3) is 8.94. The lowest BCUT2D eigenvalue weighted by molar-refractivity contribution is -0.143. The highest BCUT2D eigenvalue weighted by molar-refractivity contribution is 5.94. The fourth-order valence-corrected chi connectivity index (χ4v) is 1.76. The first-order chi connectivity index (χ1) is 12.5. The van der Waals surface area contributed by atoms with E-state index in [-0.39, 0.29) is 0 Å². The van der Waals surface area contributed by atoms with Crippen molar-refractivity contribution in [3.8, 4) is 0 Å². The smallest absolute Gasteiger partial charge is 0.326 e. The molecule has 0 aliphatic carbocycles. The molecule has 0 aliphatic heterocycles. The van der Waals surface area contributed by atoms with Crippen molar-refractivity contribution in [1.29, 1.82) is 0 Å². The number of rotatable bonds is 12. The second-order valence-corrected chi connectivity index (χ2v) is 5.61. The summed E-state index contributed by atoms with van der Waals surface area (Å²) < 4.78 is 0. The van der Waals surface area contributed by atoms with Crippen LogP contribution in [0.15, 0.2) is 0 Å². The van der Waals surface area contributed by atoms with Gasteiger partial charge in [0.05, 0.1) is 19.3 Å². The average Bonchev–Trinajstić information content (AvgIpc) is 2.59. The Morgan fingerprint density at radius 3 is 1.56 bits per heavy atom. The summed E-state index contributed by atoms with van der Waals surface area (Å²) in [6, 6.07) is -5.56. The highest BCUT2D eigenvalue weighted by atomic mass is 16.4. The molecule has 13 heteroatoms. The highest BCUT2D eigenvalue weighted by Gasteiger charge is 2.29. The molecule has 0 aromatic heterocycles. The molecule has 0 aromatic rings. The second kappa shape index (κ2) is 11.8. The number of amides is 3. The molecule has 0 bridgehead atoms. The third-order valence-electron chi connectivity index (χ3n) is 3.31. The van der Waals surface area contributed by atoms with Gasteiger partial charge in [0.1, 0.15) is 18.1 Å². The van der Waals surface area contributed by atoms with Crippen molar-refractivity contribution in [2.75, 3.05) is 13.2 Å². The maximum atomic E-state index is 12.0. The van der Waals surface area contributed by atoms with Gasteiger partial charge < -0.3 is 42.1 Å². The van der Waals surface area contributed by atoms with Gasteiger partial charge in [-0.2, -0.15) is 0 Å². The van der Waals surface area contributed by atoms with Gasteiger partial charge in [-0.25, -0.2) is 4.79 Å². The quantitative estimate of drug-likeness (QED) is 0.159. The Bertz CT molecular complexity index is 567. The number of carbonyl (C=O) groups is 5. The molecular weight excluding hydrogens is 368 g/mol. The molecule has 3 amide bonds. The second-order valence-electron chi connectivity index (χ2n) is 5.61. The Labute approximate surface area is 153 Å². The van der Waals surface area contributed by atoms with Crippen LogP contribution in [0.2, 0.25) is 0 Å². The van der Waals surface area contributed by atoms with Gasteiger partial charge in [-0.3, -0.25) is 19.2 Å². The summed E-state index contributed by atoms with van der Waals surface area (Å²) in [5.74, 6) is -5.60. The largest absolute Gasteiger partial charge is 0.481 e. The number of carboxylic acid groups (broad SMARTS) is 2. The number of nitrogens with one attached hydrogen (secondary N) is 3. The van der Waals surface area contributed by atoms with E-state index in [9.17, 15) is 34.2 Å². The van der Waals surface area contributed by atoms with Crippen LogP contribution in [0.5, 0.6) is 0 Å². The Morgan fingerprint density at radius 2 is 1.22 bits per heavy atom. The molecule has 9 N–H and O–H groups in total. The standard InChI is InChI=1S/C14H24N4O9/c1-6(15)11(23)17-8(4-19)13(25)18-9(5-20)12(24)16-7(14(26)27)2-3-10(21)22/h6-9,19-20H,2-5,15H2,1H3,(H,16,24)(H,17,23)(H,18,25)(H,21,22)(H,26,27). The monoisotopic (exact) mass is 392 g/mol. The summed E-state index contributed by atoms with van der Waals surface area (Å²) >= 11 is 0. The summed E-state index contributed by atoms with van der Waals surface area (Å²) in [4.78, 5) is 57.1. The maximum absolute atomic E-state index is 12.0. The molecule has 27 heavy (non-hydrogen) atoms. The lowest BCUT2D eigenvalue weighted by atomic mass is 10.1. The van der Waals surface area contributed by atoms with E-state index >= 15 is 0 Å². The minimum atomic E-state index is -1.59. The van der Waals surface area contributed by atoms with Gasteiger partial charge in [-0.05, 0) is 13.3 Å². The van der Waals surface area contributed by atoms with Crippen LogP contribution in [0.4, 0.5) is 0 Å². The van der Waals surface area contributed by atoms with Crippen molar-refractivity contribution < 1.29 is 44.4 Å².